The number of fused-ring (bicyclic) bond motifs is 1. The van der Waals surface area contributed by atoms with Crippen LogP contribution in [0.4, 0.5) is 5.69 Å². The number of hydrogen-bond acceptors (Lipinski definition) is 3. The normalized spacial score (nSPS) is 13.7. The predicted octanol–water partition coefficient (Wildman–Crippen LogP) is 2.72. The molecule has 0 bridgehead atoms. The van der Waals surface area contributed by atoms with Gasteiger partial charge in [-0.05, 0) is 49.4 Å². The monoisotopic (exact) mass is 365 g/mol. The van der Waals surface area contributed by atoms with Crippen LogP contribution in [-0.4, -0.2) is 36.3 Å². The molecule has 27 heavy (non-hydrogen) atoms. The number of carbonyl (C=O) groups is 2. The van der Waals surface area contributed by atoms with E-state index < -0.39 is 0 Å². The van der Waals surface area contributed by atoms with Crippen LogP contribution in [0.2, 0.25) is 0 Å². The quantitative estimate of drug-likeness (QED) is 0.856. The highest BCUT2D eigenvalue weighted by atomic mass is 16.2. The molecule has 0 saturated carbocycles. The molecule has 5 nitrogen and oxygen atoms in total. The zero-order valence-corrected chi connectivity index (χ0v) is 16.3. The summed E-state index contributed by atoms with van der Waals surface area (Å²) >= 11 is 0. The van der Waals surface area contributed by atoms with Crippen LogP contribution >= 0.6 is 0 Å². The van der Waals surface area contributed by atoms with Crippen molar-refractivity contribution in [3.8, 4) is 0 Å². The first kappa shape index (κ1) is 19.1. The molecule has 2 aromatic carbocycles. The lowest BCUT2D eigenvalue weighted by Gasteiger charge is -2.28. The fourth-order valence-corrected chi connectivity index (χ4v) is 3.69. The van der Waals surface area contributed by atoms with Gasteiger partial charge in [-0.15, -0.1) is 0 Å². The molecule has 1 aliphatic heterocycles. The lowest BCUT2D eigenvalue weighted by Crippen LogP contribution is -2.42. The number of anilines is 1. The van der Waals surface area contributed by atoms with Gasteiger partial charge in [-0.3, -0.25) is 14.5 Å². The van der Waals surface area contributed by atoms with E-state index in [4.69, 9.17) is 0 Å². The second-order valence-corrected chi connectivity index (χ2v) is 7.33. The Morgan fingerprint density at radius 1 is 1.00 bits per heavy atom. The maximum absolute atomic E-state index is 12.2. The second kappa shape index (κ2) is 8.35. The van der Waals surface area contributed by atoms with Crippen LogP contribution in [0.3, 0.4) is 0 Å². The molecule has 3 rings (SSSR count). The van der Waals surface area contributed by atoms with Crippen molar-refractivity contribution < 1.29 is 9.59 Å². The van der Waals surface area contributed by atoms with Crippen LogP contribution in [0.1, 0.15) is 27.8 Å². The summed E-state index contributed by atoms with van der Waals surface area (Å²) in [5.74, 6) is -0.329. The highest BCUT2D eigenvalue weighted by Gasteiger charge is 2.18. The van der Waals surface area contributed by atoms with E-state index in [1.807, 2.05) is 39.0 Å². The fourth-order valence-electron chi connectivity index (χ4n) is 3.69. The minimum atomic E-state index is -0.206. The van der Waals surface area contributed by atoms with Gasteiger partial charge in [0.2, 0.25) is 11.8 Å². The van der Waals surface area contributed by atoms with Gasteiger partial charge >= 0.3 is 0 Å². The molecule has 0 unspecified atom stereocenters. The molecule has 0 aromatic heterocycles. The summed E-state index contributed by atoms with van der Waals surface area (Å²) < 4.78 is 0. The lowest BCUT2D eigenvalue weighted by molar-refractivity contribution is -0.125. The third-order valence-electron chi connectivity index (χ3n) is 4.96. The topological polar surface area (TPSA) is 61.4 Å². The molecule has 5 heteroatoms. The maximum atomic E-state index is 12.2. The van der Waals surface area contributed by atoms with E-state index in [9.17, 15) is 9.59 Å². The van der Waals surface area contributed by atoms with Gasteiger partial charge < -0.3 is 10.6 Å². The van der Waals surface area contributed by atoms with Gasteiger partial charge in [0, 0.05) is 18.8 Å². The van der Waals surface area contributed by atoms with E-state index >= 15 is 0 Å². The Labute approximate surface area is 160 Å². The van der Waals surface area contributed by atoms with Gasteiger partial charge in [-0.1, -0.05) is 42.0 Å². The third-order valence-corrected chi connectivity index (χ3v) is 4.96. The largest absolute Gasteiger partial charge is 0.346 e. The van der Waals surface area contributed by atoms with E-state index in [0.29, 0.717) is 6.54 Å². The van der Waals surface area contributed by atoms with Crippen molar-refractivity contribution in [2.24, 2.45) is 0 Å². The average molecular weight is 365 g/mol. The molecule has 1 heterocycles. The van der Waals surface area contributed by atoms with Crippen LogP contribution < -0.4 is 10.6 Å². The zero-order valence-electron chi connectivity index (χ0n) is 16.3. The molecule has 2 N–H and O–H groups in total. The number of nitrogens with zero attached hydrogens (tertiary/aromatic N) is 1. The van der Waals surface area contributed by atoms with E-state index in [-0.39, 0.29) is 18.4 Å². The SMILES string of the molecule is Cc1cc(C)c(NC(=O)CNC(=O)CN2CCc3ccccc3C2)c(C)c1. The number of amides is 2. The summed E-state index contributed by atoms with van der Waals surface area (Å²) in [5, 5.41) is 5.64. The molecule has 0 atom stereocenters. The van der Waals surface area contributed by atoms with E-state index in [1.54, 1.807) is 0 Å². The van der Waals surface area contributed by atoms with Crippen molar-refractivity contribution in [2.45, 2.75) is 33.7 Å². The van der Waals surface area contributed by atoms with Crippen molar-refractivity contribution in [3.05, 3.63) is 64.2 Å². The maximum Gasteiger partial charge on any atom is 0.243 e. The fraction of sp³-hybridized carbons (Fsp3) is 0.364. The number of rotatable bonds is 5. The molecule has 2 amide bonds. The molecule has 0 spiro atoms. The molecule has 0 saturated heterocycles. The van der Waals surface area contributed by atoms with Crippen LogP contribution in [0.25, 0.3) is 0 Å². The van der Waals surface area contributed by atoms with Gasteiger partial charge in [0.05, 0.1) is 13.1 Å². The first-order valence-corrected chi connectivity index (χ1v) is 9.36. The zero-order chi connectivity index (χ0) is 19.4. The Bertz CT molecular complexity index is 837. The third kappa shape index (κ3) is 4.95. The van der Waals surface area contributed by atoms with Gasteiger partial charge in [-0.2, -0.15) is 0 Å². The second-order valence-electron chi connectivity index (χ2n) is 7.33. The predicted molar refractivity (Wildman–Crippen MR) is 108 cm³/mol. The molecule has 1 aliphatic rings. The minimum Gasteiger partial charge on any atom is -0.346 e. The molecule has 0 aliphatic carbocycles. The number of carbonyl (C=O) groups excluding carboxylic acids is 2. The Morgan fingerprint density at radius 3 is 2.37 bits per heavy atom. The van der Waals surface area contributed by atoms with Crippen LogP contribution in [0.5, 0.6) is 0 Å². The van der Waals surface area contributed by atoms with E-state index in [0.717, 1.165) is 36.3 Å². The molecule has 142 valence electrons. The van der Waals surface area contributed by atoms with Crippen LogP contribution in [-0.2, 0) is 22.6 Å². The minimum absolute atomic E-state index is 0.0178. The summed E-state index contributed by atoms with van der Waals surface area (Å²) in [6.45, 7) is 7.91. The number of nitrogens with one attached hydrogen (secondary N) is 2. The Hall–Kier alpha value is -2.66. The van der Waals surface area contributed by atoms with Gasteiger partial charge in [0.1, 0.15) is 0 Å². The Balaban J connectivity index is 1.48. The molecular weight excluding hydrogens is 338 g/mol. The first-order chi connectivity index (χ1) is 12.9. The van der Waals surface area contributed by atoms with Crippen molar-refractivity contribution in [3.63, 3.8) is 0 Å². The van der Waals surface area contributed by atoms with Gasteiger partial charge in [-0.25, -0.2) is 0 Å². The van der Waals surface area contributed by atoms with Gasteiger partial charge in [0.15, 0.2) is 0 Å². The smallest absolute Gasteiger partial charge is 0.243 e. The van der Waals surface area contributed by atoms with Gasteiger partial charge in [0.25, 0.3) is 0 Å². The van der Waals surface area contributed by atoms with Crippen molar-refractivity contribution >= 4 is 17.5 Å². The summed E-state index contributed by atoms with van der Waals surface area (Å²) in [7, 11) is 0. The summed E-state index contributed by atoms with van der Waals surface area (Å²) in [4.78, 5) is 26.6. The summed E-state index contributed by atoms with van der Waals surface area (Å²) in [5.41, 5.74) is 6.68. The van der Waals surface area contributed by atoms with E-state index in [2.05, 4.69) is 33.7 Å². The first-order valence-electron chi connectivity index (χ1n) is 9.36. The van der Waals surface area contributed by atoms with E-state index in [1.165, 1.54) is 16.7 Å². The van der Waals surface area contributed by atoms with Crippen molar-refractivity contribution in [1.82, 2.24) is 10.2 Å². The van der Waals surface area contributed by atoms with Crippen molar-refractivity contribution in [2.75, 3.05) is 25.0 Å². The van der Waals surface area contributed by atoms with Crippen LogP contribution in [0.15, 0.2) is 36.4 Å². The number of hydrogen-bond donors (Lipinski definition) is 2. The Kier molecular flexibility index (Phi) is 5.91. The lowest BCUT2D eigenvalue weighted by atomic mass is 10.00. The molecular formula is C22H27N3O2. The van der Waals surface area contributed by atoms with Crippen molar-refractivity contribution in [1.29, 1.82) is 0 Å². The summed E-state index contributed by atoms with van der Waals surface area (Å²) in [6.07, 6.45) is 0.954. The highest BCUT2D eigenvalue weighted by molar-refractivity contribution is 5.96. The summed E-state index contributed by atoms with van der Waals surface area (Å²) in [6, 6.07) is 12.4. The number of benzene rings is 2. The average Bonchev–Trinajstić information content (AvgIpc) is 2.63. The molecule has 2 aromatic rings. The molecule has 0 radical (unpaired) electrons. The Morgan fingerprint density at radius 2 is 1.67 bits per heavy atom. The number of aryl methyl sites for hydroxylation is 3. The standard InChI is InChI=1S/C22H27N3O2/c1-15-10-16(2)22(17(3)11-15)24-20(26)12-23-21(27)14-25-9-8-18-6-4-5-7-19(18)13-25/h4-7,10-11H,8-9,12-14H2,1-3H3,(H,23,27)(H,24,26). The molecule has 0 fully saturated rings. The van der Waals surface area contributed by atoms with Crippen LogP contribution in [0, 0.1) is 20.8 Å². The highest BCUT2D eigenvalue weighted by Crippen LogP contribution is 2.21.